The molecule has 0 aromatic heterocycles. The highest BCUT2D eigenvalue weighted by Crippen LogP contribution is 2.35. The Kier molecular flexibility index (Phi) is 5.36. The zero-order valence-electron chi connectivity index (χ0n) is 13.9. The van der Waals surface area contributed by atoms with Crippen molar-refractivity contribution in [3.05, 3.63) is 34.3 Å². The van der Waals surface area contributed by atoms with Crippen molar-refractivity contribution in [2.75, 3.05) is 13.1 Å². The molecule has 1 aliphatic heterocycles. The standard InChI is InChI=1S/C18H23BrN2O2/c1-17(2,3)23-16(22)21-10-8-18(13-20,9-11-21)12-14-4-6-15(19)7-5-14/h4-7H,8-12H2,1-3H3. The summed E-state index contributed by atoms with van der Waals surface area (Å²) in [5.41, 5.74) is 0.269. The Morgan fingerprint density at radius 3 is 2.35 bits per heavy atom. The largest absolute Gasteiger partial charge is 0.444 e. The second-order valence-electron chi connectivity index (χ2n) is 7.16. The first-order chi connectivity index (χ1) is 10.7. The molecule has 0 atom stereocenters. The van der Waals surface area contributed by atoms with Crippen molar-refractivity contribution in [3.8, 4) is 6.07 Å². The van der Waals surface area contributed by atoms with Gasteiger partial charge in [0.1, 0.15) is 5.60 Å². The molecule has 0 radical (unpaired) electrons. The number of hydrogen-bond donors (Lipinski definition) is 0. The van der Waals surface area contributed by atoms with E-state index in [2.05, 4.69) is 22.0 Å². The molecule has 2 rings (SSSR count). The number of halogens is 1. The molecule has 1 aromatic carbocycles. The first kappa shape index (κ1) is 17.8. The average molecular weight is 379 g/mol. The minimum Gasteiger partial charge on any atom is -0.444 e. The van der Waals surface area contributed by atoms with Gasteiger partial charge in [-0.15, -0.1) is 0 Å². The lowest BCUT2D eigenvalue weighted by atomic mass is 9.75. The fraction of sp³-hybridized carbons (Fsp3) is 0.556. The van der Waals surface area contributed by atoms with Gasteiger partial charge in [-0.25, -0.2) is 4.79 Å². The molecule has 4 nitrogen and oxygen atoms in total. The van der Waals surface area contributed by atoms with E-state index in [9.17, 15) is 10.1 Å². The van der Waals surface area contributed by atoms with Gasteiger partial charge in [-0.2, -0.15) is 5.26 Å². The van der Waals surface area contributed by atoms with Gasteiger partial charge < -0.3 is 9.64 Å². The molecular formula is C18H23BrN2O2. The summed E-state index contributed by atoms with van der Waals surface area (Å²) in [6, 6.07) is 10.6. The van der Waals surface area contributed by atoms with Crippen LogP contribution in [-0.4, -0.2) is 29.7 Å². The molecule has 0 bridgehead atoms. The van der Waals surface area contributed by atoms with Crippen LogP contribution in [-0.2, 0) is 11.2 Å². The Labute approximate surface area is 146 Å². The predicted octanol–water partition coefficient (Wildman–Crippen LogP) is 4.53. The van der Waals surface area contributed by atoms with Crippen LogP contribution in [0.3, 0.4) is 0 Å². The van der Waals surface area contributed by atoms with Gasteiger partial charge in [0.15, 0.2) is 0 Å². The van der Waals surface area contributed by atoms with Gasteiger partial charge in [0.25, 0.3) is 0 Å². The first-order valence-corrected chi connectivity index (χ1v) is 8.66. The van der Waals surface area contributed by atoms with Crippen molar-refractivity contribution in [1.82, 2.24) is 4.90 Å². The van der Waals surface area contributed by atoms with Crippen molar-refractivity contribution in [3.63, 3.8) is 0 Å². The minimum absolute atomic E-state index is 0.285. The molecule has 1 saturated heterocycles. The number of hydrogen-bond acceptors (Lipinski definition) is 3. The molecule has 1 fully saturated rings. The topological polar surface area (TPSA) is 53.3 Å². The summed E-state index contributed by atoms with van der Waals surface area (Å²) in [6.45, 7) is 6.73. The summed E-state index contributed by atoms with van der Waals surface area (Å²) in [5.74, 6) is 0. The SMILES string of the molecule is CC(C)(C)OC(=O)N1CCC(C#N)(Cc2ccc(Br)cc2)CC1. The monoisotopic (exact) mass is 378 g/mol. The number of piperidine rings is 1. The summed E-state index contributed by atoms with van der Waals surface area (Å²) in [7, 11) is 0. The molecule has 0 spiro atoms. The van der Waals surface area contributed by atoms with Gasteiger partial charge in [0.2, 0.25) is 0 Å². The van der Waals surface area contributed by atoms with E-state index in [1.54, 1.807) is 4.90 Å². The minimum atomic E-state index is -0.488. The summed E-state index contributed by atoms with van der Waals surface area (Å²) >= 11 is 3.43. The van der Waals surface area contributed by atoms with Crippen molar-refractivity contribution in [2.45, 2.75) is 45.6 Å². The fourth-order valence-electron chi connectivity index (χ4n) is 2.76. The molecular weight excluding hydrogens is 356 g/mol. The van der Waals surface area contributed by atoms with Crippen LogP contribution >= 0.6 is 15.9 Å². The van der Waals surface area contributed by atoms with Crippen LogP contribution in [0.25, 0.3) is 0 Å². The van der Waals surface area contributed by atoms with Gasteiger partial charge in [0.05, 0.1) is 11.5 Å². The number of nitriles is 1. The highest BCUT2D eigenvalue weighted by molar-refractivity contribution is 9.10. The number of benzene rings is 1. The van der Waals surface area contributed by atoms with Crippen LogP contribution in [0.2, 0.25) is 0 Å². The summed E-state index contributed by atoms with van der Waals surface area (Å²) in [6.07, 6.45) is 1.80. The van der Waals surface area contributed by atoms with Gasteiger partial charge >= 0.3 is 6.09 Å². The highest BCUT2D eigenvalue weighted by atomic mass is 79.9. The highest BCUT2D eigenvalue weighted by Gasteiger charge is 2.37. The normalized spacial score (nSPS) is 17.4. The molecule has 0 N–H and O–H groups in total. The molecule has 1 aromatic rings. The second kappa shape index (κ2) is 6.92. The molecule has 1 aliphatic rings. The lowest BCUT2D eigenvalue weighted by Gasteiger charge is -2.38. The molecule has 5 heteroatoms. The second-order valence-corrected chi connectivity index (χ2v) is 8.08. The Hall–Kier alpha value is -1.54. The maximum absolute atomic E-state index is 12.1. The Morgan fingerprint density at radius 1 is 1.30 bits per heavy atom. The smallest absolute Gasteiger partial charge is 0.410 e. The molecule has 23 heavy (non-hydrogen) atoms. The van der Waals surface area contributed by atoms with E-state index in [1.165, 1.54) is 0 Å². The Balaban J connectivity index is 1.98. The number of nitrogens with zero attached hydrogens (tertiary/aromatic N) is 2. The summed E-state index contributed by atoms with van der Waals surface area (Å²) in [5, 5.41) is 9.67. The molecule has 0 unspecified atom stereocenters. The van der Waals surface area contributed by atoms with Gasteiger partial charge in [-0.1, -0.05) is 28.1 Å². The van der Waals surface area contributed by atoms with Crippen molar-refractivity contribution in [1.29, 1.82) is 5.26 Å². The molecule has 1 heterocycles. The van der Waals surface area contributed by atoms with E-state index >= 15 is 0 Å². The van der Waals surface area contributed by atoms with Crippen LogP contribution in [0, 0.1) is 16.7 Å². The van der Waals surface area contributed by atoms with Crippen LogP contribution in [0.4, 0.5) is 4.79 Å². The predicted molar refractivity (Wildman–Crippen MR) is 92.9 cm³/mol. The number of rotatable bonds is 2. The van der Waals surface area contributed by atoms with Crippen molar-refractivity contribution < 1.29 is 9.53 Å². The number of carbonyl (C=O) groups is 1. The van der Waals surface area contributed by atoms with Gasteiger partial charge in [-0.3, -0.25) is 0 Å². The first-order valence-electron chi connectivity index (χ1n) is 7.87. The van der Waals surface area contributed by atoms with E-state index in [4.69, 9.17) is 4.74 Å². The average Bonchev–Trinajstić information content (AvgIpc) is 2.48. The number of likely N-dealkylation sites (tertiary alicyclic amines) is 1. The molecule has 0 aliphatic carbocycles. The third-order valence-electron chi connectivity index (χ3n) is 4.07. The van der Waals surface area contributed by atoms with E-state index in [0.29, 0.717) is 25.9 Å². The number of amides is 1. The van der Waals surface area contributed by atoms with E-state index in [1.807, 2.05) is 45.0 Å². The molecule has 1 amide bonds. The van der Waals surface area contributed by atoms with Crippen LogP contribution in [0.1, 0.15) is 39.2 Å². The van der Waals surface area contributed by atoms with Gasteiger partial charge in [-0.05, 0) is 57.7 Å². The van der Waals surface area contributed by atoms with E-state index in [-0.39, 0.29) is 6.09 Å². The van der Waals surface area contributed by atoms with Gasteiger partial charge in [0, 0.05) is 17.6 Å². The van der Waals surface area contributed by atoms with Crippen LogP contribution in [0.15, 0.2) is 28.7 Å². The maximum atomic E-state index is 12.1. The third-order valence-corrected chi connectivity index (χ3v) is 4.59. The Morgan fingerprint density at radius 2 is 1.87 bits per heavy atom. The zero-order valence-corrected chi connectivity index (χ0v) is 15.5. The molecule has 0 saturated carbocycles. The van der Waals surface area contributed by atoms with Crippen molar-refractivity contribution >= 4 is 22.0 Å². The van der Waals surface area contributed by atoms with E-state index in [0.717, 1.165) is 16.5 Å². The fourth-order valence-corrected chi connectivity index (χ4v) is 3.03. The van der Waals surface area contributed by atoms with Crippen LogP contribution in [0.5, 0.6) is 0 Å². The van der Waals surface area contributed by atoms with Crippen molar-refractivity contribution in [2.24, 2.45) is 5.41 Å². The van der Waals surface area contributed by atoms with Crippen LogP contribution < -0.4 is 0 Å². The summed E-state index contributed by atoms with van der Waals surface area (Å²) < 4.78 is 6.44. The zero-order chi connectivity index (χ0) is 17.1. The third kappa shape index (κ3) is 4.97. The lowest BCUT2D eigenvalue weighted by molar-refractivity contribution is 0.0148. The van der Waals surface area contributed by atoms with E-state index < -0.39 is 11.0 Å². The maximum Gasteiger partial charge on any atom is 0.410 e. The Bertz CT molecular complexity index is 591. The lowest BCUT2D eigenvalue weighted by Crippen LogP contribution is -2.45. The quantitative estimate of drug-likeness (QED) is 0.759. The molecule has 124 valence electrons. The number of carbonyl (C=O) groups excluding carboxylic acids is 1. The summed E-state index contributed by atoms with van der Waals surface area (Å²) in [4.78, 5) is 13.8. The number of ether oxygens (including phenoxy) is 1.